The summed E-state index contributed by atoms with van der Waals surface area (Å²) in [6, 6.07) is 14.3. The smallest absolute Gasteiger partial charge is 0.252 e. The first kappa shape index (κ1) is 20.3. The van der Waals surface area contributed by atoms with Gasteiger partial charge in [-0.05, 0) is 74.4 Å². The van der Waals surface area contributed by atoms with Gasteiger partial charge in [-0.1, -0.05) is 36.4 Å². The minimum atomic E-state index is -0.0657. The van der Waals surface area contributed by atoms with E-state index in [2.05, 4.69) is 28.5 Å². The third-order valence-electron chi connectivity index (χ3n) is 7.49. The first-order chi connectivity index (χ1) is 15.0. The number of fused-ring (bicyclic) bond motifs is 4. The zero-order valence-electron chi connectivity index (χ0n) is 18.4. The second-order valence-corrected chi connectivity index (χ2v) is 9.26. The second-order valence-electron chi connectivity index (χ2n) is 9.26. The fraction of sp³-hybridized carbons (Fsp3) is 0.462. The third-order valence-corrected chi connectivity index (χ3v) is 7.49. The number of piperidine rings is 2. The van der Waals surface area contributed by atoms with E-state index in [1.807, 2.05) is 43.3 Å². The Kier molecular flexibility index (Phi) is 5.30. The fourth-order valence-electron chi connectivity index (χ4n) is 5.82. The molecule has 0 spiro atoms. The van der Waals surface area contributed by atoms with Crippen LogP contribution >= 0.6 is 0 Å². The van der Waals surface area contributed by atoms with E-state index < -0.39 is 0 Å². The highest BCUT2D eigenvalue weighted by Gasteiger charge is 2.45. The molecule has 0 radical (unpaired) electrons. The number of hydrogen-bond acceptors (Lipinski definition) is 3. The first-order valence-corrected chi connectivity index (χ1v) is 11.6. The predicted molar refractivity (Wildman–Crippen MR) is 121 cm³/mol. The topological polar surface area (TPSA) is 61.4 Å². The van der Waals surface area contributed by atoms with Crippen LogP contribution in [0.3, 0.4) is 0 Å². The number of nitrogens with zero attached hydrogens (tertiary/aromatic N) is 1. The van der Waals surface area contributed by atoms with Crippen LogP contribution in [0.2, 0.25) is 0 Å². The minimum absolute atomic E-state index is 0.0513. The zero-order chi connectivity index (χ0) is 21.5. The van der Waals surface area contributed by atoms with Crippen LogP contribution in [0, 0.1) is 12.8 Å². The van der Waals surface area contributed by atoms with Gasteiger partial charge in [0.2, 0.25) is 5.91 Å². The Morgan fingerprint density at radius 2 is 2.00 bits per heavy atom. The maximum atomic E-state index is 13.2. The lowest BCUT2D eigenvalue weighted by molar-refractivity contribution is -0.145. The van der Waals surface area contributed by atoms with Crippen molar-refractivity contribution >= 4 is 11.8 Å². The normalized spacial score (nSPS) is 25.8. The largest absolute Gasteiger partial charge is 0.346 e. The Balaban J connectivity index is 1.44. The van der Waals surface area contributed by atoms with Gasteiger partial charge in [0.25, 0.3) is 5.91 Å². The summed E-state index contributed by atoms with van der Waals surface area (Å²) in [7, 11) is 0. The Morgan fingerprint density at radius 3 is 2.81 bits per heavy atom. The molecule has 2 amide bonds. The zero-order valence-corrected chi connectivity index (χ0v) is 18.4. The van der Waals surface area contributed by atoms with E-state index in [0.717, 1.165) is 55.5 Å². The van der Waals surface area contributed by atoms with Crippen molar-refractivity contribution < 1.29 is 9.59 Å². The van der Waals surface area contributed by atoms with Crippen LogP contribution in [0.1, 0.15) is 70.9 Å². The molecule has 2 fully saturated rings. The van der Waals surface area contributed by atoms with Crippen molar-refractivity contribution in [1.29, 1.82) is 0 Å². The molecule has 4 atom stereocenters. The van der Waals surface area contributed by atoms with Crippen LogP contribution in [0.25, 0.3) is 0 Å². The van der Waals surface area contributed by atoms with Crippen LogP contribution in [0.15, 0.2) is 42.5 Å². The summed E-state index contributed by atoms with van der Waals surface area (Å²) in [6.45, 7) is 5.84. The Hall–Kier alpha value is -2.66. The Bertz CT molecular complexity index is 1000. The molecule has 0 aliphatic carbocycles. The van der Waals surface area contributed by atoms with Crippen molar-refractivity contribution in [3.63, 3.8) is 0 Å². The van der Waals surface area contributed by atoms with Crippen molar-refractivity contribution in [2.24, 2.45) is 5.92 Å². The van der Waals surface area contributed by atoms with Crippen LogP contribution in [0.4, 0.5) is 0 Å². The van der Waals surface area contributed by atoms with Gasteiger partial charge in [-0.25, -0.2) is 0 Å². The number of benzene rings is 2. The van der Waals surface area contributed by atoms with Crippen molar-refractivity contribution in [1.82, 2.24) is 15.5 Å². The molecule has 3 aliphatic rings. The fourth-order valence-corrected chi connectivity index (χ4v) is 5.82. The van der Waals surface area contributed by atoms with E-state index in [0.29, 0.717) is 5.91 Å². The van der Waals surface area contributed by atoms with E-state index in [-0.39, 0.29) is 30.0 Å². The molecule has 5 heteroatoms. The SMILES string of the molecule is Cc1c(C(=O)N[C@H](C)c2ccccc2)ccc2c1[C@H]1C[C@@H]3NCCC[C@@H]3C(=O)N1CC2. The summed E-state index contributed by atoms with van der Waals surface area (Å²) < 4.78 is 0. The molecule has 0 bridgehead atoms. The van der Waals surface area contributed by atoms with Crippen LogP contribution in [-0.2, 0) is 11.2 Å². The highest BCUT2D eigenvalue weighted by Crippen LogP contribution is 2.43. The molecule has 5 rings (SSSR count). The number of nitrogens with one attached hydrogen (secondary N) is 2. The number of rotatable bonds is 3. The van der Waals surface area contributed by atoms with Gasteiger partial charge in [0, 0.05) is 18.2 Å². The average Bonchev–Trinajstić information content (AvgIpc) is 2.79. The second kappa shape index (κ2) is 8.12. The maximum Gasteiger partial charge on any atom is 0.252 e. The van der Waals surface area contributed by atoms with Crippen molar-refractivity contribution in [2.75, 3.05) is 13.1 Å². The standard InChI is InChI=1S/C26H31N3O2/c1-16-20(25(30)28-17(2)18-7-4-3-5-8-18)11-10-19-12-14-29-23(24(16)19)15-22-21(26(29)31)9-6-13-27-22/h3-5,7-8,10-11,17,21-23,27H,6,9,12-15H2,1-2H3,(H,28,30)/t17-,21+,22+,23-/m1/s1. The molecule has 5 nitrogen and oxygen atoms in total. The molecule has 0 aromatic heterocycles. The molecule has 0 unspecified atom stereocenters. The summed E-state index contributed by atoms with van der Waals surface area (Å²) in [6.07, 6.45) is 3.87. The number of carbonyl (C=O) groups excluding carboxylic acids is 2. The average molecular weight is 418 g/mol. The summed E-state index contributed by atoms with van der Waals surface area (Å²) in [4.78, 5) is 28.5. The van der Waals surface area contributed by atoms with E-state index >= 15 is 0 Å². The number of carbonyl (C=O) groups is 2. The monoisotopic (exact) mass is 417 g/mol. The van der Waals surface area contributed by atoms with Gasteiger partial charge in [-0.3, -0.25) is 9.59 Å². The molecule has 162 valence electrons. The number of amides is 2. The van der Waals surface area contributed by atoms with Crippen molar-refractivity contribution in [3.05, 3.63) is 70.3 Å². The lowest BCUT2D eigenvalue weighted by Gasteiger charge is -2.49. The van der Waals surface area contributed by atoms with Gasteiger partial charge in [-0.15, -0.1) is 0 Å². The summed E-state index contributed by atoms with van der Waals surface area (Å²) in [5, 5.41) is 6.74. The van der Waals surface area contributed by atoms with Gasteiger partial charge in [0.05, 0.1) is 18.0 Å². The summed E-state index contributed by atoms with van der Waals surface area (Å²) in [5.74, 6) is 0.362. The molecular weight excluding hydrogens is 386 g/mol. The van der Waals surface area contributed by atoms with Crippen molar-refractivity contribution in [2.45, 2.75) is 57.7 Å². The van der Waals surface area contributed by atoms with E-state index in [9.17, 15) is 9.59 Å². The van der Waals surface area contributed by atoms with Crippen LogP contribution < -0.4 is 10.6 Å². The first-order valence-electron chi connectivity index (χ1n) is 11.6. The van der Waals surface area contributed by atoms with Gasteiger partial charge in [0.1, 0.15) is 0 Å². The van der Waals surface area contributed by atoms with Gasteiger partial charge < -0.3 is 15.5 Å². The van der Waals surface area contributed by atoms with Gasteiger partial charge >= 0.3 is 0 Å². The molecular formula is C26H31N3O2. The van der Waals surface area contributed by atoms with E-state index in [1.54, 1.807) is 0 Å². The quantitative estimate of drug-likeness (QED) is 0.801. The maximum absolute atomic E-state index is 13.2. The number of hydrogen-bond donors (Lipinski definition) is 2. The minimum Gasteiger partial charge on any atom is -0.346 e. The molecule has 3 heterocycles. The molecule has 0 saturated carbocycles. The Labute approximate surface area is 184 Å². The lowest BCUT2D eigenvalue weighted by atomic mass is 9.75. The molecule has 2 aromatic carbocycles. The van der Waals surface area contributed by atoms with Gasteiger partial charge in [0.15, 0.2) is 0 Å². The summed E-state index contributed by atoms with van der Waals surface area (Å²) >= 11 is 0. The summed E-state index contributed by atoms with van der Waals surface area (Å²) in [5.41, 5.74) is 5.31. The molecule has 2 N–H and O–H groups in total. The third kappa shape index (κ3) is 3.55. The van der Waals surface area contributed by atoms with Crippen LogP contribution in [0.5, 0.6) is 0 Å². The Morgan fingerprint density at radius 1 is 1.19 bits per heavy atom. The van der Waals surface area contributed by atoms with E-state index in [4.69, 9.17) is 0 Å². The molecule has 3 aliphatic heterocycles. The molecule has 2 saturated heterocycles. The predicted octanol–water partition coefficient (Wildman–Crippen LogP) is 3.68. The molecule has 31 heavy (non-hydrogen) atoms. The van der Waals surface area contributed by atoms with E-state index in [1.165, 1.54) is 11.1 Å². The highest BCUT2D eigenvalue weighted by atomic mass is 16.2. The van der Waals surface area contributed by atoms with Crippen molar-refractivity contribution in [3.8, 4) is 0 Å². The van der Waals surface area contributed by atoms with Gasteiger partial charge in [-0.2, -0.15) is 0 Å². The highest BCUT2D eigenvalue weighted by molar-refractivity contribution is 5.96. The molecule has 2 aromatic rings. The van der Waals surface area contributed by atoms with Crippen LogP contribution in [-0.4, -0.2) is 35.8 Å². The lowest BCUT2D eigenvalue weighted by Crippen LogP contribution is -2.57.